The molecule has 0 saturated carbocycles. The molecule has 0 aliphatic heterocycles. The second-order valence-electron chi connectivity index (χ2n) is 4.76. The van der Waals surface area contributed by atoms with Crippen LogP contribution in [0.2, 0.25) is 0 Å². The predicted octanol–water partition coefficient (Wildman–Crippen LogP) is 4.30. The summed E-state index contributed by atoms with van der Waals surface area (Å²) >= 11 is 0. The Morgan fingerprint density at radius 1 is 0.909 bits per heavy atom. The van der Waals surface area contributed by atoms with Crippen LogP contribution in [0.15, 0.2) is 65.9 Å². The zero-order chi connectivity index (χ0) is 15.5. The fourth-order valence-electron chi connectivity index (χ4n) is 2.57. The van der Waals surface area contributed by atoms with Crippen LogP contribution in [0.25, 0.3) is 21.9 Å². The lowest BCUT2D eigenvalue weighted by molar-refractivity contribution is 0.0698. The van der Waals surface area contributed by atoms with Gasteiger partial charge in [0.1, 0.15) is 0 Å². The van der Waals surface area contributed by atoms with Gasteiger partial charge in [0.2, 0.25) is 0 Å². The molecule has 3 rings (SSSR count). The van der Waals surface area contributed by atoms with Gasteiger partial charge in [0.15, 0.2) is 0 Å². The topological polar surface area (TPSA) is 78.8 Å². The molecular formula is C17H12N2O3. The maximum Gasteiger partial charge on any atom is 0.336 e. The molecule has 0 atom stereocenters. The molecule has 0 amide bonds. The molecule has 5 heteroatoms. The number of nitrogens with one attached hydrogen (secondary N) is 1. The molecule has 5 nitrogen and oxygen atoms in total. The van der Waals surface area contributed by atoms with Gasteiger partial charge in [-0.2, -0.15) is 0 Å². The molecule has 0 aliphatic rings. The van der Waals surface area contributed by atoms with Crippen LogP contribution in [0.3, 0.4) is 0 Å². The minimum atomic E-state index is -1.02. The van der Waals surface area contributed by atoms with Gasteiger partial charge in [0.25, 0.3) is 0 Å². The van der Waals surface area contributed by atoms with Crippen LogP contribution < -0.4 is 5.43 Å². The van der Waals surface area contributed by atoms with Crippen molar-refractivity contribution in [2.45, 2.75) is 0 Å². The van der Waals surface area contributed by atoms with Crippen LogP contribution in [0.1, 0.15) is 10.4 Å². The monoisotopic (exact) mass is 292 g/mol. The third kappa shape index (κ3) is 2.29. The lowest BCUT2D eigenvalue weighted by atomic mass is 9.95. The van der Waals surface area contributed by atoms with Gasteiger partial charge in [-0.05, 0) is 17.0 Å². The fourth-order valence-corrected chi connectivity index (χ4v) is 2.57. The largest absolute Gasteiger partial charge is 0.478 e. The van der Waals surface area contributed by atoms with Crippen LogP contribution in [0, 0.1) is 4.91 Å². The first kappa shape index (κ1) is 13.8. The van der Waals surface area contributed by atoms with E-state index in [4.69, 9.17) is 0 Å². The van der Waals surface area contributed by atoms with Crippen molar-refractivity contribution in [1.82, 2.24) is 0 Å². The summed E-state index contributed by atoms with van der Waals surface area (Å²) in [6.45, 7) is 0. The second-order valence-corrected chi connectivity index (χ2v) is 4.76. The van der Waals surface area contributed by atoms with E-state index in [2.05, 4.69) is 10.7 Å². The van der Waals surface area contributed by atoms with Crippen molar-refractivity contribution in [2.24, 2.45) is 5.29 Å². The van der Waals surface area contributed by atoms with Crippen molar-refractivity contribution in [2.75, 3.05) is 5.43 Å². The number of nitrogens with zero attached hydrogens (tertiary/aromatic N) is 1. The third-order valence-corrected chi connectivity index (χ3v) is 3.53. The number of carboxylic acid groups (broad SMARTS) is 1. The molecule has 0 unspecified atom stereocenters. The zero-order valence-electron chi connectivity index (χ0n) is 11.5. The number of nitroso groups, excluding NO2 is 1. The van der Waals surface area contributed by atoms with Gasteiger partial charge in [-0.25, -0.2) is 10.2 Å². The van der Waals surface area contributed by atoms with Gasteiger partial charge in [-0.3, -0.25) is 0 Å². The minimum absolute atomic E-state index is 0.173. The first-order valence-corrected chi connectivity index (χ1v) is 6.65. The Morgan fingerprint density at radius 3 is 2.41 bits per heavy atom. The molecule has 0 bridgehead atoms. The highest BCUT2D eigenvalue weighted by molar-refractivity contribution is 6.05. The standard InChI is InChI=1S/C17H12N2O3/c20-17(21)15-8-4-3-7-13(15)14-10-9-11-5-1-2-6-12(11)16(14)18-19-22/h1-10H,(H,18,22)(H,20,21). The van der Waals surface area contributed by atoms with Crippen LogP contribution in [0.4, 0.5) is 5.69 Å². The number of anilines is 1. The Labute approximate surface area is 126 Å². The third-order valence-electron chi connectivity index (χ3n) is 3.53. The van der Waals surface area contributed by atoms with E-state index in [1.165, 1.54) is 6.07 Å². The van der Waals surface area contributed by atoms with Crippen molar-refractivity contribution in [3.63, 3.8) is 0 Å². The first-order chi connectivity index (χ1) is 10.7. The maximum absolute atomic E-state index is 11.4. The predicted molar refractivity (Wildman–Crippen MR) is 85.8 cm³/mol. The Bertz CT molecular complexity index is 875. The SMILES string of the molecule is O=NNc1c(-c2ccccc2C(=O)O)ccc2ccccc12. The van der Waals surface area contributed by atoms with Crippen molar-refractivity contribution in [3.8, 4) is 11.1 Å². The number of aromatic carboxylic acids is 1. The highest BCUT2D eigenvalue weighted by atomic mass is 16.4. The Hall–Kier alpha value is -3.21. The molecule has 3 aromatic rings. The van der Waals surface area contributed by atoms with E-state index >= 15 is 0 Å². The number of hydrogen-bond donors (Lipinski definition) is 2. The van der Waals surface area contributed by atoms with E-state index in [-0.39, 0.29) is 5.56 Å². The van der Waals surface area contributed by atoms with Crippen molar-refractivity contribution < 1.29 is 9.90 Å². The van der Waals surface area contributed by atoms with Crippen molar-refractivity contribution in [1.29, 1.82) is 0 Å². The van der Waals surface area contributed by atoms with Crippen molar-refractivity contribution >= 4 is 22.4 Å². The fraction of sp³-hybridized carbons (Fsp3) is 0. The van der Waals surface area contributed by atoms with Gasteiger partial charge in [-0.15, -0.1) is 4.91 Å². The van der Waals surface area contributed by atoms with E-state index in [1.807, 2.05) is 30.3 Å². The molecule has 2 N–H and O–H groups in total. The first-order valence-electron chi connectivity index (χ1n) is 6.65. The average molecular weight is 292 g/mol. The molecule has 0 aromatic heterocycles. The highest BCUT2D eigenvalue weighted by Crippen LogP contribution is 2.36. The maximum atomic E-state index is 11.4. The van der Waals surface area contributed by atoms with Gasteiger partial charge >= 0.3 is 5.97 Å². The Balaban J connectivity index is 2.34. The van der Waals surface area contributed by atoms with Gasteiger partial charge < -0.3 is 5.11 Å². The Morgan fingerprint density at radius 2 is 1.64 bits per heavy atom. The van der Waals surface area contributed by atoms with Crippen LogP contribution in [0.5, 0.6) is 0 Å². The van der Waals surface area contributed by atoms with E-state index < -0.39 is 5.97 Å². The summed E-state index contributed by atoms with van der Waals surface area (Å²) in [4.78, 5) is 22.2. The van der Waals surface area contributed by atoms with E-state index in [0.717, 1.165) is 10.8 Å². The lowest BCUT2D eigenvalue weighted by Gasteiger charge is -2.13. The van der Waals surface area contributed by atoms with Gasteiger partial charge in [-0.1, -0.05) is 54.6 Å². The van der Waals surface area contributed by atoms with Gasteiger partial charge in [0, 0.05) is 10.9 Å². The number of benzene rings is 3. The molecule has 0 radical (unpaired) electrons. The highest BCUT2D eigenvalue weighted by Gasteiger charge is 2.15. The van der Waals surface area contributed by atoms with E-state index in [0.29, 0.717) is 16.8 Å². The number of rotatable bonds is 4. The number of carboxylic acids is 1. The summed E-state index contributed by atoms with van der Waals surface area (Å²) in [5.41, 5.74) is 4.29. The summed E-state index contributed by atoms with van der Waals surface area (Å²) < 4.78 is 0. The average Bonchev–Trinajstić information content (AvgIpc) is 2.55. The normalized spacial score (nSPS) is 10.4. The zero-order valence-corrected chi connectivity index (χ0v) is 11.5. The quantitative estimate of drug-likeness (QED) is 0.555. The smallest absolute Gasteiger partial charge is 0.336 e. The van der Waals surface area contributed by atoms with Crippen LogP contribution in [-0.2, 0) is 0 Å². The number of fused-ring (bicyclic) bond motifs is 1. The summed E-state index contributed by atoms with van der Waals surface area (Å²) in [5.74, 6) is -1.02. The van der Waals surface area contributed by atoms with Crippen molar-refractivity contribution in [3.05, 3.63) is 71.1 Å². The van der Waals surface area contributed by atoms with Crippen LogP contribution >= 0.6 is 0 Å². The molecule has 0 fully saturated rings. The summed E-state index contributed by atoms with van der Waals surface area (Å²) in [6.07, 6.45) is 0. The molecule has 0 saturated heterocycles. The van der Waals surface area contributed by atoms with E-state index in [9.17, 15) is 14.8 Å². The molecule has 0 heterocycles. The minimum Gasteiger partial charge on any atom is -0.478 e. The summed E-state index contributed by atoms with van der Waals surface area (Å²) in [6, 6.07) is 17.9. The lowest BCUT2D eigenvalue weighted by Crippen LogP contribution is -2.01. The summed E-state index contributed by atoms with van der Waals surface area (Å²) in [7, 11) is 0. The molecular weight excluding hydrogens is 280 g/mol. The Kier molecular flexibility index (Phi) is 3.53. The second kappa shape index (κ2) is 5.65. The number of hydrogen-bond acceptors (Lipinski definition) is 3. The molecule has 0 spiro atoms. The van der Waals surface area contributed by atoms with E-state index in [1.54, 1.807) is 24.3 Å². The van der Waals surface area contributed by atoms with Crippen LogP contribution in [-0.4, -0.2) is 11.1 Å². The molecule has 0 aliphatic carbocycles. The molecule has 108 valence electrons. The molecule has 3 aromatic carbocycles. The number of carbonyl (C=O) groups is 1. The van der Waals surface area contributed by atoms with Gasteiger partial charge in [0.05, 0.1) is 16.5 Å². The molecule has 22 heavy (non-hydrogen) atoms. The summed E-state index contributed by atoms with van der Waals surface area (Å²) in [5, 5.41) is 13.9.